The van der Waals surface area contributed by atoms with Gasteiger partial charge in [-0.15, -0.1) is 11.3 Å². The van der Waals surface area contributed by atoms with Crippen molar-refractivity contribution in [2.45, 2.75) is 26.7 Å². The van der Waals surface area contributed by atoms with E-state index in [0.29, 0.717) is 34.4 Å². The van der Waals surface area contributed by atoms with Crippen LogP contribution in [0.25, 0.3) is 0 Å². The maximum atomic E-state index is 11.3. The van der Waals surface area contributed by atoms with E-state index >= 15 is 0 Å². The number of thiazole rings is 1. The highest BCUT2D eigenvalue weighted by Crippen LogP contribution is 2.25. The van der Waals surface area contributed by atoms with Crippen LogP contribution < -0.4 is 0 Å². The quantitative estimate of drug-likeness (QED) is 0.896. The van der Waals surface area contributed by atoms with Gasteiger partial charge in [0, 0.05) is 11.4 Å². The summed E-state index contributed by atoms with van der Waals surface area (Å²) in [6.07, 6.45) is 1.25. The summed E-state index contributed by atoms with van der Waals surface area (Å²) in [6.45, 7) is 4.11. The second-order valence-electron chi connectivity index (χ2n) is 5.05. The molecule has 1 heterocycles. The highest BCUT2D eigenvalue weighted by atomic mass is 35.5. The van der Waals surface area contributed by atoms with Gasteiger partial charge in [0.15, 0.2) is 0 Å². The Balaban J connectivity index is 2.29. The van der Waals surface area contributed by atoms with Gasteiger partial charge in [0.05, 0.1) is 10.7 Å². The van der Waals surface area contributed by atoms with Gasteiger partial charge in [0.25, 0.3) is 0 Å². The zero-order valence-corrected chi connectivity index (χ0v) is 13.0. The fourth-order valence-electron chi connectivity index (χ4n) is 1.97. The number of halogens is 1. The first-order valence-electron chi connectivity index (χ1n) is 6.42. The van der Waals surface area contributed by atoms with Crippen molar-refractivity contribution in [1.82, 2.24) is 4.98 Å². The summed E-state index contributed by atoms with van der Waals surface area (Å²) in [5.41, 5.74) is 1.65. The summed E-state index contributed by atoms with van der Waals surface area (Å²) in [7, 11) is 0. The Labute approximate surface area is 127 Å². The van der Waals surface area contributed by atoms with Gasteiger partial charge < -0.3 is 5.11 Å². The van der Waals surface area contributed by atoms with E-state index in [1.807, 2.05) is 24.3 Å². The van der Waals surface area contributed by atoms with Gasteiger partial charge in [-0.2, -0.15) is 0 Å². The summed E-state index contributed by atoms with van der Waals surface area (Å²) in [5, 5.41) is 10.7. The molecule has 2 aromatic rings. The van der Waals surface area contributed by atoms with Crippen LogP contribution in [0, 0.1) is 5.92 Å². The minimum Gasteiger partial charge on any atom is -0.477 e. The molecule has 106 valence electrons. The predicted molar refractivity (Wildman–Crippen MR) is 81.9 cm³/mol. The summed E-state index contributed by atoms with van der Waals surface area (Å²) in [5.74, 6) is -0.521. The van der Waals surface area contributed by atoms with Crippen molar-refractivity contribution in [3.63, 3.8) is 0 Å². The zero-order valence-electron chi connectivity index (χ0n) is 11.4. The van der Waals surface area contributed by atoms with Gasteiger partial charge in [-0.1, -0.05) is 43.6 Å². The predicted octanol–water partition coefficient (Wildman–Crippen LogP) is 4.28. The number of benzene rings is 1. The highest BCUT2D eigenvalue weighted by molar-refractivity contribution is 7.13. The van der Waals surface area contributed by atoms with Crippen LogP contribution in [0.2, 0.25) is 5.02 Å². The van der Waals surface area contributed by atoms with Crippen LogP contribution in [-0.2, 0) is 12.8 Å². The van der Waals surface area contributed by atoms with Crippen molar-refractivity contribution in [2.75, 3.05) is 0 Å². The van der Waals surface area contributed by atoms with Crippen molar-refractivity contribution in [2.24, 2.45) is 5.92 Å². The van der Waals surface area contributed by atoms with E-state index in [9.17, 15) is 9.90 Å². The number of hydrogen-bond acceptors (Lipinski definition) is 3. The van der Waals surface area contributed by atoms with E-state index in [4.69, 9.17) is 11.6 Å². The molecule has 1 aromatic heterocycles. The molecule has 1 aromatic carbocycles. The Kier molecular flexibility index (Phi) is 4.78. The SMILES string of the molecule is CC(C)Cc1nc(Cc2ccccc2Cl)sc1C(=O)O. The van der Waals surface area contributed by atoms with E-state index in [1.54, 1.807) is 0 Å². The molecule has 0 bridgehead atoms. The summed E-state index contributed by atoms with van der Waals surface area (Å²) in [6, 6.07) is 7.56. The van der Waals surface area contributed by atoms with Crippen LogP contribution >= 0.6 is 22.9 Å². The van der Waals surface area contributed by atoms with Gasteiger partial charge >= 0.3 is 5.97 Å². The third kappa shape index (κ3) is 3.58. The van der Waals surface area contributed by atoms with Crippen molar-refractivity contribution in [3.8, 4) is 0 Å². The zero-order chi connectivity index (χ0) is 14.7. The molecule has 1 N–H and O–H groups in total. The van der Waals surface area contributed by atoms with Gasteiger partial charge in [0.2, 0.25) is 0 Å². The van der Waals surface area contributed by atoms with Gasteiger partial charge in [-0.05, 0) is 24.0 Å². The van der Waals surface area contributed by atoms with Crippen LogP contribution in [0.3, 0.4) is 0 Å². The van der Waals surface area contributed by atoms with Crippen LogP contribution in [-0.4, -0.2) is 16.1 Å². The van der Waals surface area contributed by atoms with Gasteiger partial charge in [0.1, 0.15) is 4.88 Å². The number of carbonyl (C=O) groups is 1. The second kappa shape index (κ2) is 6.37. The third-order valence-corrected chi connectivity index (χ3v) is 4.29. The number of carboxylic acids is 1. The first-order chi connectivity index (χ1) is 9.47. The minimum absolute atomic E-state index is 0.348. The highest BCUT2D eigenvalue weighted by Gasteiger charge is 2.18. The van der Waals surface area contributed by atoms with Crippen LogP contribution in [0.4, 0.5) is 0 Å². The molecular formula is C15H16ClNO2S. The largest absolute Gasteiger partial charge is 0.477 e. The Morgan fingerprint density at radius 2 is 2.10 bits per heavy atom. The normalized spacial score (nSPS) is 11.0. The third-order valence-electron chi connectivity index (χ3n) is 2.84. The number of aromatic carboxylic acids is 1. The van der Waals surface area contributed by atoms with E-state index in [0.717, 1.165) is 10.6 Å². The monoisotopic (exact) mass is 309 g/mol. The Morgan fingerprint density at radius 1 is 1.40 bits per heavy atom. The molecule has 3 nitrogen and oxygen atoms in total. The van der Waals surface area contributed by atoms with E-state index in [-0.39, 0.29) is 0 Å². The van der Waals surface area contributed by atoms with Crippen molar-refractivity contribution >= 4 is 28.9 Å². The molecule has 0 aliphatic rings. The van der Waals surface area contributed by atoms with Gasteiger partial charge in [-0.3, -0.25) is 0 Å². The van der Waals surface area contributed by atoms with E-state index < -0.39 is 5.97 Å². The average Bonchev–Trinajstić information content (AvgIpc) is 2.74. The molecule has 0 fully saturated rings. The summed E-state index contributed by atoms with van der Waals surface area (Å²) in [4.78, 5) is 16.1. The van der Waals surface area contributed by atoms with E-state index in [1.165, 1.54) is 11.3 Å². The average molecular weight is 310 g/mol. The molecule has 0 saturated carbocycles. The smallest absolute Gasteiger partial charge is 0.347 e. The fourth-order valence-corrected chi connectivity index (χ4v) is 3.13. The first-order valence-corrected chi connectivity index (χ1v) is 7.62. The van der Waals surface area contributed by atoms with Crippen molar-refractivity contribution in [1.29, 1.82) is 0 Å². The first kappa shape index (κ1) is 15.0. The molecule has 0 unspecified atom stereocenters. The lowest BCUT2D eigenvalue weighted by Gasteiger charge is -2.02. The molecule has 0 aliphatic carbocycles. The van der Waals surface area contributed by atoms with Crippen LogP contribution in [0.15, 0.2) is 24.3 Å². The Hall–Kier alpha value is -1.39. The van der Waals surface area contributed by atoms with E-state index in [2.05, 4.69) is 18.8 Å². The fraction of sp³-hybridized carbons (Fsp3) is 0.333. The molecule has 5 heteroatoms. The molecule has 20 heavy (non-hydrogen) atoms. The second-order valence-corrected chi connectivity index (χ2v) is 6.55. The molecule has 0 saturated heterocycles. The minimum atomic E-state index is -0.899. The summed E-state index contributed by atoms with van der Waals surface area (Å²) < 4.78 is 0. The molecular weight excluding hydrogens is 294 g/mol. The lowest BCUT2D eigenvalue weighted by molar-refractivity contribution is 0.0700. The number of carboxylic acid groups (broad SMARTS) is 1. The lowest BCUT2D eigenvalue weighted by Crippen LogP contribution is -2.02. The van der Waals surface area contributed by atoms with Gasteiger partial charge in [-0.25, -0.2) is 9.78 Å². The lowest BCUT2D eigenvalue weighted by atomic mass is 10.1. The molecule has 0 amide bonds. The maximum Gasteiger partial charge on any atom is 0.347 e. The number of rotatable bonds is 5. The number of aromatic nitrogens is 1. The Bertz CT molecular complexity index is 622. The molecule has 0 atom stereocenters. The molecule has 2 rings (SSSR count). The van der Waals surface area contributed by atoms with Crippen LogP contribution in [0.5, 0.6) is 0 Å². The molecule has 0 spiro atoms. The van der Waals surface area contributed by atoms with Crippen molar-refractivity contribution < 1.29 is 9.90 Å². The summed E-state index contributed by atoms with van der Waals surface area (Å²) >= 11 is 7.37. The molecule has 0 radical (unpaired) electrons. The Morgan fingerprint density at radius 3 is 2.70 bits per heavy atom. The van der Waals surface area contributed by atoms with Crippen molar-refractivity contribution in [3.05, 3.63) is 50.4 Å². The number of nitrogens with zero attached hydrogens (tertiary/aromatic N) is 1. The maximum absolute atomic E-state index is 11.3. The number of hydrogen-bond donors (Lipinski definition) is 1. The molecule has 0 aliphatic heterocycles. The topological polar surface area (TPSA) is 50.2 Å². The van der Waals surface area contributed by atoms with Crippen LogP contribution in [0.1, 0.15) is 39.8 Å². The standard InChI is InChI=1S/C15H16ClNO2S/c1-9(2)7-12-14(15(18)19)20-13(17-12)8-10-5-3-4-6-11(10)16/h3-6,9H,7-8H2,1-2H3,(H,18,19).